The number of piperidine rings is 1. The fourth-order valence-corrected chi connectivity index (χ4v) is 5.68. The van der Waals surface area contributed by atoms with Crippen LogP contribution >= 0.6 is 11.5 Å². The number of anilines is 1. The van der Waals surface area contributed by atoms with Gasteiger partial charge in [0.25, 0.3) is 5.91 Å². The van der Waals surface area contributed by atoms with Crippen LogP contribution in [0, 0.1) is 17.2 Å². The lowest BCUT2D eigenvalue weighted by molar-refractivity contribution is 0.0687. The second-order valence-electron chi connectivity index (χ2n) is 9.18. The maximum absolute atomic E-state index is 12.5. The van der Waals surface area contributed by atoms with Crippen molar-refractivity contribution in [1.29, 1.82) is 5.26 Å². The number of piperazine rings is 1. The van der Waals surface area contributed by atoms with Crippen LogP contribution in [0.15, 0.2) is 48.5 Å². The number of nitrogens with zero attached hydrogens (tertiary/aromatic N) is 5. The van der Waals surface area contributed by atoms with Crippen LogP contribution < -0.4 is 10.3 Å². The second kappa shape index (κ2) is 10.5. The number of carbonyl (C=O) groups excluding carboxylic acids is 1. The summed E-state index contributed by atoms with van der Waals surface area (Å²) in [5.41, 5.74) is 4.17. The summed E-state index contributed by atoms with van der Waals surface area (Å²) < 4.78 is 5.98. The van der Waals surface area contributed by atoms with E-state index < -0.39 is 0 Å². The Kier molecular flexibility index (Phi) is 7.05. The van der Waals surface area contributed by atoms with Gasteiger partial charge in [-0.25, -0.2) is 5.01 Å². The van der Waals surface area contributed by atoms with Gasteiger partial charge in [-0.15, -0.1) is 0 Å². The highest BCUT2D eigenvalue weighted by molar-refractivity contribution is 7.13. The van der Waals surface area contributed by atoms with Gasteiger partial charge in [-0.1, -0.05) is 12.1 Å². The average molecular weight is 475 g/mol. The summed E-state index contributed by atoms with van der Waals surface area (Å²) in [7, 11) is 0. The van der Waals surface area contributed by atoms with Crippen LogP contribution in [0.5, 0.6) is 0 Å². The normalized spacial score (nSPS) is 18.1. The fourth-order valence-electron chi connectivity index (χ4n) is 4.89. The molecule has 1 amide bonds. The van der Waals surface area contributed by atoms with E-state index in [0.717, 1.165) is 64.5 Å². The SMILES string of the molecule is N#Cc1ccc(C(=O)NN2CCC(CCN3CCN(c4nsc5ccccc45)CC3)CC2)cc1. The van der Waals surface area contributed by atoms with Crippen LogP contribution in [-0.2, 0) is 0 Å². The molecule has 2 fully saturated rings. The molecule has 8 heteroatoms. The van der Waals surface area contributed by atoms with Crippen LogP contribution in [0.2, 0.25) is 0 Å². The number of aromatic nitrogens is 1. The van der Waals surface area contributed by atoms with Crippen LogP contribution in [-0.4, -0.2) is 66.0 Å². The number of carbonyl (C=O) groups is 1. The largest absolute Gasteiger partial charge is 0.353 e. The highest BCUT2D eigenvalue weighted by atomic mass is 32.1. The second-order valence-corrected chi connectivity index (χ2v) is 9.99. The van der Waals surface area contributed by atoms with Gasteiger partial charge in [0.2, 0.25) is 0 Å². The number of rotatable bonds is 6. The van der Waals surface area contributed by atoms with Gasteiger partial charge in [0.15, 0.2) is 0 Å². The molecule has 2 saturated heterocycles. The van der Waals surface area contributed by atoms with Crippen LogP contribution in [0.1, 0.15) is 35.2 Å². The standard InChI is InChI=1S/C26H30N6OS/c27-19-21-5-7-22(8-6-21)26(33)28-32-13-10-20(11-14-32)9-12-30-15-17-31(18-16-30)25-23-3-1-2-4-24(23)34-29-25/h1-8,20H,9-18H2,(H,28,33). The lowest BCUT2D eigenvalue weighted by Gasteiger charge is -2.37. The summed E-state index contributed by atoms with van der Waals surface area (Å²) in [4.78, 5) is 17.5. The van der Waals surface area contributed by atoms with Crippen LogP contribution in [0.4, 0.5) is 5.82 Å². The molecule has 5 rings (SSSR count). The molecule has 0 saturated carbocycles. The third-order valence-corrected chi connectivity index (χ3v) is 7.85. The highest BCUT2D eigenvalue weighted by Crippen LogP contribution is 2.30. The Morgan fingerprint density at radius 3 is 2.50 bits per heavy atom. The van der Waals surface area contributed by atoms with Crippen molar-refractivity contribution in [3.05, 3.63) is 59.7 Å². The summed E-state index contributed by atoms with van der Waals surface area (Å²) in [6.45, 7) is 7.17. The number of amides is 1. The molecule has 3 heterocycles. The van der Waals surface area contributed by atoms with Crippen molar-refractivity contribution in [2.75, 3.05) is 50.7 Å². The van der Waals surface area contributed by atoms with Gasteiger partial charge in [0.05, 0.1) is 16.3 Å². The first-order valence-corrected chi connectivity index (χ1v) is 12.8. The van der Waals surface area contributed by atoms with E-state index in [1.807, 2.05) is 5.01 Å². The van der Waals surface area contributed by atoms with Gasteiger partial charge >= 0.3 is 0 Å². The number of nitriles is 1. The number of nitrogens with one attached hydrogen (secondary N) is 1. The Labute approximate surface area is 204 Å². The lowest BCUT2D eigenvalue weighted by Crippen LogP contribution is -2.48. The van der Waals surface area contributed by atoms with E-state index >= 15 is 0 Å². The third-order valence-electron chi connectivity index (χ3n) is 7.03. The number of hydrogen-bond acceptors (Lipinski definition) is 7. The quantitative estimate of drug-likeness (QED) is 0.587. The molecule has 0 bridgehead atoms. The number of benzene rings is 2. The van der Waals surface area contributed by atoms with Crippen molar-refractivity contribution in [2.45, 2.75) is 19.3 Å². The molecule has 0 radical (unpaired) electrons. The summed E-state index contributed by atoms with van der Waals surface area (Å²) in [6, 6.07) is 17.4. The van der Waals surface area contributed by atoms with Gasteiger partial charge in [-0.05, 0) is 79.7 Å². The zero-order valence-corrected chi connectivity index (χ0v) is 20.1. The molecule has 0 spiro atoms. The fraction of sp³-hybridized carbons (Fsp3) is 0.423. The molecule has 0 atom stereocenters. The molecule has 2 aliphatic heterocycles. The smallest absolute Gasteiger partial charge is 0.265 e. The van der Waals surface area contributed by atoms with Gasteiger partial charge in [0, 0.05) is 50.2 Å². The maximum Gasteiger partial charge on any atom is 0.265 e. The molecule has 2 aromatic carbocycles. The first-order chi connectivity index (χ1) is 16.7. The predicted molar refractivity (Wildman–Crippen MR) is 136 cm³/mol. The molecule has 3 aromatic rings. The molecule has 34 heavy (non-hydrogen) atoms. The van der Waals surface area contributed by atoms with E-state index in [9.17, 15) is 4.79 Å². The molecular formula is C26H30N6OS. The van der Waals surface area contributed by atoms with Gasteiger partial charge in [-0.2, -0.15) is 9.64 Å². The Hall–Kier alpha value is -2.99. The van der Waals surface area contributed by atoms with Gasteiger partial charge < -0.3 is 4.90 Å². The zero-order chi connectivity index (χ0) is 23.3. The van der Waals surface area contributed by atoms with E-state index in [0.29, 0.717) is 17.0 Å². The summed E-state index contributed by atoms with van der Waals surface area (Å²) in [5, 5.41) is 12.2. The lowest BCUT2D eigenvalue weighted by atomic mass is 9.94. The van der Waals surface area contributed by atoms with Crippen molar-refractivity contribution in [2.24, 2.45) is 5.92 Å². The first kappa shape index (κ1) is 22.8. The number of hydrogen-bond donors (Lipinski definition) is 1. The summed E-state index contributed by atoms with van der Waals surface area (Å²) >= 11 is 1.59. The van der Waals surface area contributed by atoms with Gasteiger partial charge in [-0.3, -0.25) is 15.1 Å². The van der Waals surface area contributed by atoms with Crippen molar-refractivity contribution in [1.82, 2.24) is 19.7 Å². The molecule has 2 aliphatic rings. The molecule has 7 nitrogen and oxygen atoms in total. The Morgan fingerprint density at radius 2 is 1.76 bits per heavy atom. The molecule has 0 aliphatic carbocycles. The zero-order valence-electron chi connectivity index (χ0n) is 19.3. The molecule has 176 valence electrons. The van der Waals surface area contributed by atoms with Crippen LogP contribution in [0.3, 0.4) is 0 Å². The van der Waals surface area contributed by atoms with Crippen molar-refractivity contribution in [3.63, 3.8) is 0 Å². The monoisotopic (exact) mass is 474 g/mol. The Morgan fingerprint density at radius 1 is 1.03 bits per heavy atom. The first-order valence-electron chi connectivity index (χ1n) is 12.1. The Balaban J connectivity index is 1.02. The van der Waals surface area contributed by atoms with E-state index in [1.54, 1.807) is 35.8 Å². The average Bonchev–Trinajstić information content (AvgIpc) is 3.33. The third kappa shape index (κ3) is 5.22. The molecule has 1 N–H and O–H groups in total. The van der Waals surface area contributed by atoms with Crippen molar-refractivity contribution < 1.29 is 4.79 Å². The van der Waals surface area contributed by atoms with E-state index in [1.165, 1.54) is 16.5 Å². The Bertz CT molecular complexity index is 1150. The van der Waals surface area contributed by atoms with Gasteiger partial charge in [0.1, 0.15) is 5.82 Å². The van der Waals surface area contributed by atoms with Crippen molar-refractivity contribution >= 4 is 33.3 Å². The minimum Gasteiger partial charge on any atom is -0.353 e. The topological polar surface area (TPSA) is 75.5 Å². The predicted octanol–water partition coefficient (Wildman–Crippen LogP) is 3.74. The van der Waals surface area contributed by atoms with E-state index in [-0.39, 0.29) is 5.91 Å². The molecule has 1 aromatic heterocycles. The number of fused-ring (bicyclic) bond motifs is 1. The number of hydrazine groups is 1. The molecular weight excluding hydrogens is 444 g/mol. The minimum absolute atomic E-state index is 0.103. The summed E-state index contributed by atoms with van der Waals surface area (Å²) in [5.74, 6) is 1.76. The summed E-state index contributed by atoms with van der Waals surface area (Å²) in [6.07, 6.45) is 3.44. The van der Waals surface area contributed by atoms with Crippen molar-refractivity contribution in [3.8, 4) is 6.07 Å². The molecule has 0 unspecified atom stereocenters. The van der Waals surface area contributed by atoms with E-state index in [2.05, 4.69) is 45.6 Å². The highest BCUT2D eigenvalue weighted by Gasteiger charge is 2.24. The maximum atomic E-state index is 12.5. The minimum atomic E-state index is -0.103. The van der Waals surface area contributed by atoms with Crippen LogP contribution in [0.25, 0.3) is 10.1 Å². The van der Waals surface area contributed by atoms with E-state index in [4.69, 9.17) is 9.64 Å².